The lowest BCUT2D eigenvalue weighted by molar-refractivity contribution is -0.171. The van der Waals surface area contributed by atoms with Gasteiger partial charge in [-0.25, -0.2) is 0 Å². The van der Waals surface area contributed by atoms with Crippen molar-refractivity contribution in [3.63, 3.8) is 0 Å². The topological polar surface area (TPSA) is 52.6 Å². The number of hydrogen-bond donors (Lipinski definition) is 0. The van der Waals surface area contributed by atoms with Crippen LogP contribution in [0.4, 0.5) is 0 Å². The van der Waals surface area contributed by atoms with Gasteiger partial charge >= 0.3 is 11.9 Å². The van der Waals surface area contributed by atoms with Crippen LogP contribution in [0.2, 0.25) is 0 Å². The normalized spacial score (nSPS) is 16.6. The predicted octanol–water partition coefficient (Wildman–Crippen LogP) is 2.85. The van der Waals surface area contributed by atoms with Crippen LogP contribution < -0.4 is 0 Å². The van der Waals surface area contributed by atoms with Gasteiger partial charge in [-0.05, 0) is 50.7 Å². The van der Waals surface area contributed by atoms with Crippen LogP contribution in [-0.2, 0) is 25.5 Å². The summed E-state index contributed by atoms with van der Waals surface area (Å²) in [6, 6.07) is 8.13. The molecule has 4 nitrogen and oxygen atoms in total. The molecule has 114 valence electrons. The quantitative estimate of drug-likeness (QED) is 0.597. The molecule has 0 saturated carbocycles. The summed E-state index contributed by atoms with van der Waals surface area (Å²) in [5, 5.41) is 0. The number of carbonyl (C=O) groups excluding carboxylic acids is 2. The van der Waals surface area contributed by atoms with E-state index in [-0.39, 0.29) is 19.1 Å². The molecule has 1 aromatic carbocycles. The van der Waals surface area contributed by atoms with Gasteiger partial charge in [0.05, 0.1) is 13.2 Å². The maximum Gasteiger partial charge on any atom is 0.323 e. The Bertz CT molecular complexity index is 517. The van der Waals surface area contributed by atoms with Crippen LogP contribution in [0.5, 0.6) is 0 Å². The summed E-state index contributed by atoms with van der Waals surface area (Å²) < 4.78 is 10.2. The van der Waals surface area contributed by atoms with E-state index in [9.17, 15) is 9.59 Å². The maximum absolute atomic E-state index is 12.2. The van der Waals surface area contributed by atoms with E-state index in [2.05, 4.69) is 12.1 Å². The number of fused-ring (bicyclic) bond motifs is 1. The zero-order chi connectivity index (χ0) is 15.5. The molecule has 0 spiro atoms. The summed E-state index contributed by atoms with van der Waals surface area (Å²) in [4.78, 5) is 24.5. The van der Waals surface area contributed by atoms with Gasteiger partial charge in [0.25, 0.3) is 0 Å². The van der Waals surface area contributed by atoms with E-state index in [1.807, 2.05) is 12.1 Å². The average molecular weight is 290 g/mol. The Kier molecular flexibility index (Phi) is 4.66. The van der Waals surface area contributed by atoms with Crippen LogP contribution in [0, 0.1) is 5.41 Å². The Morgan fingerprint density at radius 3 is 2.24 bits per heavy atom. The van der Waals surface area contributed by atoms with Gasteiger partial charge in [0.1, 0.15) is 0 Å². The molecule has 1 aliphatic carbocycles. The minimum absolute atomic E-state index is 0.208. The fourth-order valence-electron chi connectivity index (χ4n) is 2.87. The number of benzene rings is 1. The van der Waals surface area contributed by atoms with E-state index in [0.717, 1.165) is 6.42 Å². The molecule has 0 fully saturated rings. The number of hydrogen-bond acceptors (Lipinski definition) is 4. The minimum Gasteiger partial charge on any atom is -0.465 e. The van der Waals surface area contributed by atoms with Crippen LogP contribution in [0.1, 0.15) is 44.2 Å². The zero-order valence-electron chi connectivity index (χ0n) is 12.8. The molecule has 1 atom stereocenters. The molecule has 1 aromatic rings. The fourth-order valence-corrected chi connectivity index (χ4v) is 2.87. The Morgan fingerprint density at radius 1 is 1.14 bits per heavy atom. The van der Waals surface area contributed by atoms with E-state index in [1.165, 1.54) is 11.1 Å². The van der Waals surface area contributed by atoms with E-state index >= 15 is 0 Å². The highest BCUT2D eigenvalue weighted by Gasteiger charge is 2.47. The molecule has 0 bridgehead atoms. The van der Waals surface area contributed by atoms with Gasteiger partial charge in [-0.2, -0.15) is 0 Å². The second-order valence-electron chi connectivity index (χ2n) is 5.58. The van der Waals surface area contributed by atoms with Crippen LogP contribution in [-0.4, -0.2) is 25.2 Å². The third kappa shape index (κ3) is 2.94. The predicted molar refractivity (Wildman–Crippen MR) is 78.9 cm³/mol. The molecule has 0 amide bonds. The van der Waals surface area contributed by atoms with E-state index in [0.29, 0.717) is 6.42 Å². The van der Waals surface area contributed by atoms with Gasteiger partial charge in [-0.1, -0.05) is 24.3 Å². The van der Waals surface area contributed by atoms with E-state index in [4.69, 9.17) is 9.47 Å². The molecular weight excluding hydrogens is 268 g/mol. The molecule has 0 aliphatic heterocycles. The van der Waals surface area contributed by atoms with Crippen LogP contribution in [0.15, 0.2) is 24.3 Å². The highest BCUT2D eigenvalue weighted by atomic mass is 16.6. The number of esters is 2. The smallest absolute Gasteiger partial charge is 0.323 e. The Balaban J connectivity index is 2.18. The van der Waals surface area contributed by atoms with Crippen molar-refractivity contribution in [2.75, 3.05) is 13.2 Å². The van der Waals surface area contributed by atoms with Crippen LogP contribution in [0.25, 0.3) is 0 Å². The van der Waals surface area contributed by atoms with Gasteiger partial charge < -0.3 is 9.47 Å². The second-order valence-corrected chi connectivity index (χ2v) is 5.58. The van der Waals surface area contributed by atoms with Gasteiger partial charge in [-0.15, -0.1) is 0 Å². The second kappa shape index (κ2) is 6.29. The van der Waals surface area contributed by atoms with E-state index < -0.39 is 17.4 Å². The van der Waals surface area contributed by atoms with Gasteiger partial charge in [0, 0.05) is 0 Å². The minimum atomic E-state index is -1.23. The molecule has 2 rings (SSSR count). The summed E-state index contributed by atoms with van der Waals surface area (Å²) in [6.07, 6.45) is 1.33. The van der Waals surface area contributed by atoms with Crippen molar-refractivity contribution in [3.8, 4) is 0 Å². The van der Waals surface area contributed by atoms with Gasteiger partial charge in [-0.3, -0.25) is 9.59 Å². The molecule has 4 heteroatoms. The Hall–Kier alpha value is -1.84. The van der Waals surface area contributed by atoms with Crippen LogP contribution in [0.3, 0.4) is 0 Å². The first-order chi connectivity index (χ1) is 10.0. The third-order valence-electron chi connectivity index (χ3n) is 4.07. The fraction of sp³-hybridized carbons (Fsp3) is 0.529. The first kappa shape index (κ1) is 15.5. The average Bonchev–Trinajstić information content (AvgIpc) is 2.45. The van der Waals surface area contributed by atoms with Crippen molar-refractivity contribution in [1.29, 1.82) is 0 Å². The van der Waals surface area contributed by atoms with Crippen molar-refractivity contribution in [3.05, 3.63) is 35.4 Å². The van der Waals surface area contributed by atoms with Gasteiger partial charge in [0.2, 0.25) is 0 Å². The van der Waals surface area contributed by atoms with Crippen molar-refractivity contribution in [2.45, 2.75) is 39.5 Å². The highest BCUT2D eigenvalue weighted by molar-refractivity contribution is 5.99. The molecular formula is C17H22O4. The number of ether oxygens (including phenoxy) is 2. The monoisotopic (exact) mass is 290 g/mol. The van der Waals surface area contributed by atoms with Crippen molar-refractivity contribution >= 4 is 11.9 Å². The van der Waals surface area contributed by atoms with Crippen LogP contribution >= 0.6 is 0 Å². The Morgan fingerprint density at radius 2 is 1.71 bits per heavy atom. The summed E-state index contributed by atoms with van der Waals surface area (Å²) in [6.45, 7) is 5.62. The molecule has 21 heavy (non-hydrogen) atoms. The number of rotatable bonds is 6. The molecule has 0 saturated heterocycles. The van der Waals surface area contributed by atoms with Crippen molar-refractivity contribution in [2.24, 2.45) is 5.41 Å². The largest absolute Gasteiger partial charge is 0.465 e. The van der Waals surface area contributed by atoms with E-state index in [1.54, 1.807) is 20.8 Å². The standard InChI is InChI=1S/C17H22O4/c1-4-20-15(18)17(3,16(19)21-5-2)11-13-10-12-8-6-7-9-14(12)13/h6-9,13H,4-5,10-11H2,1-3H3. The summed E-state index contributed by atoms with van der Waals surface area (Å²) >= 11 is 0. The molecule has 0 aromatic heterocycles. The molecule has 0 radical (unpaired) electrons. The lowest BCUT2D eigenvalue weighted by atomic mass is 9.69. The first-order valence-corrected chi connectivity index (χ1v) is 7.45. The summed E-state index contributed by atoms with van der Waals surface area (Å²) in [7, 11) is 0. The molecule has 0 N–H and O–H groups in total. The zero-order valence-corrected chi connectivity index (χ0v) is 12.8. The lowest BCUT2D eigenvalue weighted by Gasteiger charge is -2.35. The molecule has 1 aliphatic rings. The van der Waals surface area contributed by atoms with Crippen molar-refractivity contribution < 1.29 is 19.1 Å². The molecule has 1 unspecified atom stereocenters. The van der Waals surface area contributed by atoms with Gasteiger partial charge in [0.15, 0.2) is 5.41 Å². The maximum atomic E-state index is 12.2. The third-order valence-corrected chi connectivity index (χ3v) is 4.07. The summed E-state index contributed by atoms with van der Waals surface area (Å²) in [5.41, 5.74) is 1.28. The highest BCUT2D eigenvalue weighted by Crippen LogP contribution is 2.43. The Labute approximate surface area is 125 Å². The lowest BCUT2D eigenvalue weighted by Crippen LogP contribution is -2.42. The number of carbonyl (C=O) groups is 2. The molecule has 0 heterocycles. The summed E-state index contributed by atoms with van der Waals surface area (Å²) in [5.74, 6) is -0.777. The van der Waals surface area contributed by atoms with Crippen molar-refractivity contribution in [1.82, 2.24) is 0 Å². The first-order valence-electron chi connectivity index (χ1n) is 7.45. The SMILES string of the molecule is CCOC(=O)C(C)(CC1Cc2ccccc21)C(=O)OCC.